The molecule has 1 aromatic carbocycles. The molecule has 0 bridgehead atoms. The van der Waals surface area contributed by atoms with Gasteiger partial charge < -0.3 is 10.2 Å². The maximum atomic E-state index is 9.95. The van der Waals surface area contributed by atoms with E-state index in [4.69, 9.17) is 12.2 Å². The molecule has 2 rings (SSSR count). The first-order valence-electron chi connectivity index (χ1n) is 5.56. The lowest BCUT2D eigenvalue weighted by Crippen LogP contribution is -1.97. The number of phenols is 2. The second-order valence-corrected chi connectivity index (χ2v) is 5.85. The number of rotatable bonds is 3. The molecule has 0 aliphatic rings. The normalized spacial score (nSPS) is 11.3. The third kappa shape index (κ3) is 2.79. The molecule has 0 saturated carbocycles. The summed E-state index contributed by atoms with van der Waals surface area (Å²) in [5.74, 6) is 0.499. The molecule has 20 heavy (non-hydrogen) atoms. The van der Waals surface area contributed by atoms with Crippen LogP contribution in [-0.2, 0) is 6.42 Å². The van der Waals surface area contributed by atoms with E-state index in [2.05, 4.69) is 47.2 Å². The van der Waals surface area contributed by atoms with Gasteiger partial charge in [0, 0.05) is 12.0 Å². The van der Waals surface area contributed by atoms with E-state index in [0.717, 1.165) is 0 Å². The molecule has 6 nitrogen and oxygen atoms in total. The van der Waals surface area contributed by atoms with Crippen molar-refractivity contribution in [2.75, 3.05) is 0 Å². The van der Waals surface area contributed by atoms with Crippen LogP contribution in [0.3, 0.4) is 0 Å². The van der Waals surface area contributed by atoms with E-state index in [9.17, 15) is 10.2 Å². The molecule has 0 radical (unpaired) electrons. The molecule has 0 aliphatic carbocycles. The Morgan fingerprint density at radius 1 is 1.45 bits per heavy atom. The summed E-state index contributed by atoms with van der Waals surface area (Å²) in [6.45, 7) is 1.93. The first kappa shape index (κ1) is 15.2. The third-order valence-electron chi connectivity index (χ3n) is 2.54. The summed E-state index contributed by atoms with van der Waals surface area (Å²) in [5.41, 5.74) is 0.423. The number of halogens is 2. The van der Waals surface area contributed by atoms with Crippen LogP contribution in [0.15, 0.2) is 20.1 Å². The van der Waals surface area contributed by atoms with Crippen LogP contribution in [0.2, 0.25) is 0 Å². The van der Waals surface area contributed by atoms with Crippen molar-refractivity contribution in [2.45, 2.75) is 13.3 Å². The van der Waals surface area contributed by atoms with E-state index in [1.807, 2.05) is 6.92 Å². The monoisotopic (exact) mass is 420 g/mol. The second kappa shape index (κ2) is 6.06. The number of phenolic OH excluding ortho intramolecular Hbond substituents is 2. The number of hydrogen-bond donors (Lipinski definition) is 3. The van der Waals surface area contributed by atoms with Gasteiger partial charge in [0.2, 0.25) is 4.77 Å². The number of aromatic nitrogens is 3. The van der Waals surface area contributed by atoms with E-state index in [1.165, 1.54) is 10.9 Å². The SMILES string of the molecule is CCc1n[nH]c(=S)n1/N=C/c1cc(Br)c(O)c(Br)c1O. The highest BCUT2D eigenvalue weighted by molar-refractivity contribution is 9.11. The lowest BCUT2D eigenvalue weighted by Gasteiger charge is -2.06. The van der Waals surface area contributed by atoms with Crippen molar-refractivity contribution in [2.24, 2.45) is 5.10 Å². The van der Waals surface area contributed by atoms with Gasteiger partial charge in [-0.3, -0.25) is 5.10 Å². The largest absolute Gasteiger partial charge is 0.506 e. The van der Waals surface area contributed by atoms with E-state index in [1.54, 1.807) is 6.07 Å². The van der Waals surface area contributed by atoms with Crippen molar-refractivity contribution in [3.8, 4) is 11.5 Å². The molecular weight excluding hydrogens is 412 g/mol. The molecule has 0 atom stereocenters. The molecule has 106 valence electrons. The first-order chi connectivity index (χ1) is 9.45. The van der Waals surface area contributed by atoms with E-state index in [-0.39, 0.29) is 16.0 Å². The Morgan fingerprint density at radius 3 is 2.80 bits per heavy atom. The first-order valence-corrected chi connectivity index (χ1v) is 7.55. The van der Waals surface area contributed by atoms with Gasteiger partial charge in [-0.2, -0.15) is 14.9 Å². The highest BCUT2D eigenvalue weighted by atomic mass is 79.9. The van der Waals surface area contributed by atoms with Gasteiger partial charge in [0.15, 0.2) is 5.82 Å². The van der Waals surface area contributed by atoms with Crippen molar-refractivity contribution in [1.82, 2.24) is 14.9 Å². The van der Waals surface area contributed by atoms with Gasteiger partial charge in [0.1, 0.15) is 16.0 Å². The van der Waals surface area contributed by atoms with Crippen molar-refractivity contribution in [1.29, 1.82) is 0 Å². The van der Waals surface area contributed by atoms with E-state index >= 15 is 0 Å². The van der Waals surface area contributed by atoms with Gasteiger partial charge in [0.05, 0.1) is 10.7 Å². The van der Waals surface area contributed by atoms with Gasteiger partial charge in [-0.1, -0.05) is 6.92 Å². The Balaban J connectivity index is 2.47. The molecule has 0 spiro atoms. The van der Waals surface area contributed by atoms with Gasteiger partial charge in [-0.15, -0.1) is 0 Å². The molecule has 3 N–H and O–H groups in total. The number of hydrogen-bond acceptors (Lipinski definition) is 5. The van der Waals surface area contributed by atoms with Gasteiger partial charge in [-0.25, -0.2) is 0 Å². The summed E-state index contributed by atoms with van der Waals surface area (Å²) in [6.07, 6.45) is 2.11. The molecule has 0 amide bonds. The predicted octanol–water partition coefficient (Wildman–Crippen LogP) is 3.32. The Kier molecular flexibility index (Phi) is 4.61. The molecule has 9 heteroatoms. The van der Waals surface area contributed by atoms with Crippen LogP contribution in [0.25, 0.3) is 0 Å². The topological polar surface area (TPSA) is 86.4 Å². The van der Waals surface area contributed by atoms with Crippen molar-refractivity contribution < 1.29 is 10.2 Å². The van der Waals surface area contributed by atoms with Crippen LogP contribution in [0.4, 0.5) is 0 Å². The molecule has 1 heterocycles. The number of nitrogens with one attached hydrogen (secondary N) is 1. The molecule has 0 aliphatic heterocycles. The molecule has 2 aromatic rings. The fourth-order valence-electron chi connectivity index (χ4n) is 1.51. The van der Waals surface area contributed by atoms with Crippen molar-refractivity contribution in [3.63, 3.8) is 0 Å². The van der Waals surface area contributed by atoms with E-state index < -0.39 is 0 Å². The number of aromatic amines is 1. The molecule has 0 unspecified atom stereocenters. The Labute approximate surface area is 136 Å². The Bertz CT molecular complexity index is 739. The lowest BCUT2D eigenvalue weighted by molar-refractivity contribution is 0.441. The summed E-state index contributed by atoms with van der Waals surface area (Å²) in [5, 5.41) is 30.5. The third-order valence-corrected chi connectivity index (χ3v) is 4.16. The summed E-state index contributed by atoms with van der Waals surface area (Å²) in [4.78, 5) is 0. The van der Waals surface area contributed by atoms with Crippen molar-refractivity contribution in [3.05, 3.63) is 31.2 Å². The van der Waals surface area contributed by atoms with Gasteiger partial charge in [0.25, 0.3) is 0 Å². The standard InChI is InChI=1S/C11H10Br2N4O2S/c1-2-7-15-16-11(20)17(7)14-4-5-3-6(12)10(19)8(13)9(5)18/h3-4,18-19H,2H2,1H3,(H,16,20)/b14-4+. The molecule has 0 fully saturated rings. The average molecular weight is 422 g/mol. The number of aromatic hydroxyl groups is 2. The highest BCUT2D eigenvalue weighted by Gasteiger charge is 2.13. The number of benzene rings is 1. The highest BCUT2D eigenvalue weighted by Crippen LogP contribution is 2.40. The zero-order chi connectivity index (χ0) is 14.9. The maximum Gasteiger partial charge on any atom is 0.216 e. The number of H-pyrrole nitrogens is 1. The smallest absolute Gasteiger partial charge is 0.216 e. The van der Waals surface area contributed by atoms with Crippen LogP contribution in [0, 0.1) is 4.77 Å². The summed E-state index contributed by atoms with van der Waals surface area (Å²) in [7, 11) is 0. The second-order valence-electron chi connectivity index (χ2n) is 3.81. The van der Waals surface area contributed by atoms with Crippen LogP contribution in [0.1, 0.15) is 18.3 Å². The average Bonchev–Trinajstić information content (AvgIpc) is 2.79. The van der Waals surface area contributed by atoms with Crippen molar-refractivity contribution >= 4 is 50.3 Å². The summed E-state index contributed by atoms with van der Waals surface area (Å²) < 4.78 is 2.48. The van der Waals surface area contributed by atoms with Crippen LogP contribution >= 0.6 is 44.1 Å². The summed E-state index contributed by atoms with van der Waals surface area (Å²) in [6, 6.07) is 1.55. The Morgan fingerprint density at radius 2 is 2.15 bits per heavy atom. The predicted molar refractivity (Wildman–Crippen MR) is 85.0 cm³/mol. The number of aryl methyl sites for hydroxylation is 1. The maximum absolute atomic E-state index is 9.95. The molecular formula is C11H10Br2N4O2S. The van der Waals surface area contributed by atoms with E-state index in [0.29, 0.717) is 27.1 Å². The van der Waals surface area contributed by atoms with Crippen LogP contribution in [-0.4, -0.2) is 31.3 Å². The Hall–Kier alpha value is -1.19. The summed E-state index contributed by atoms with van der Waals surface area (Å²) >= 11 is 11.4. The zero-order valence-corrected chi connectivity index (χ0v) is 14.3. The van der Waals surface area contributed by atoms with Gasteiger partial charge >= 0.3 is 0 Å². The quantitative estimate of drug-likeness (QED) is 0.524. The minimum Gasteiger partial charge on any atom is -0.506 e. The fourth-order valence-corrected chi connectivity index (χ4v) is 2.86. The number of nitrogens with zero attached hydrogens (tertiary/aromatic N) is 3. The minimum absolute atomic E-state index is 0.0752. The van der Waals surface area contributed by atoms with Crippen LogP contribution < -0.4 is 0 Å². The molecule has 0 saturated heterocycles. The zero-order valence-electron chi connectivity index (χ0n) is 10.3. The lowest BCUT2D eigenvalue weighted by atomic mass is 10.2. The minimum atomic E-state index is -0.109. The fraction of sp³-hybridized carbons (Fsp3) is 0.182. The van der Waals surface area contributed by atoms with Crippen LogP contribution in [0.5, 0.6) is 11.5 Å². The van der Waals surface area contributed by atoms with Gasteiger partial charge in [-0.05, 0) is 50.1 Å². The molecule has 1 aromatic heterocycles.